The summed E-state index contributed by atoms with van der Waals surface area (Å²) in [6.45, 7) is 4.83. The molecule has 6 rings (SSSR count). The molecule has 3 aliphatic carbocycles. The fraction of sp³-hybridized carbons (Fsp3) is 0.724. The van der Waals surface area contributed by atoms with Crippen molar-refractivity contribution in [3.63, 3.8) is 0 Å². The number of hydrogen-bond acceptors (Lipinski definition) is 9. The van der Waals surface area contributed by atoms with Crippen LogP contribution < -0.4 is 20.7 Å². The largest absolute Gasteiger partial charge is 0.473 e. The number of nitrogens with two attached hydrogens (primary N) is 1. The van der Waals surface area contributed by atoms with Crippen molar-refractivity contribution >= 4 is 23.1 Å². The number of halogens is 1. The van der Waals surface area contributed by atoms with Gasteiger partial charge in [0.1, 0.15) is 23.9 Å². The quantitative estimate of drug-likeness (QED) is 0.430. The highest BCUT2D eigenvalue weighted by atomic mass is 19.1. The molecule has 5 fully saturated rings. The maximum absolute atomic E-state index is 13.8. The van der Waals surface area contributed by atoms with Crippen LogP contribution in [0.5, 0.6) is 5.88 Å². The highest BCUT2D eigenvalue weighted by Crippen LogP contribution is 2.46. The van der Waals surface area contributed by atoms with E-state index in [0.29, 0.717) is 50.1 Å². The van der Waals surface area contributed by atoms with E-state index in [2.05, 4.69) is 27.1 Å². The molecule has 212 valence electrons. The molecule has 0 bridgehead atoms. The number of anilines is 1. The number of rotatable bonds is 5. The molecular weight excluding hydrogens is 499 g/mol. The first-order chi connectivity index (χ1) is 18.7. The number of carbonyl (C=O) groups excluding carboxylic acids is 2. The van der Waals surface area contributed by atoms with E-state index in [1.165, 1.54) is 0 Å². The topological polar surface area (TPSA) is 114 Å². The van der Waals surface area contributed by atoms with Crippen LogP contribution in [0, 0.1) is 5.41 Å². The molecule has 0 unspecified atom stereocenters. The number of Topliss-reactive ketones (excluding diaryl/α,β-unsaturated/α-hetero) is 2. The first kappa shape index (κ1) is 26.6. The van der Waals surface area contributed by atoms with Gasteiger partial charge in [0.05, 0.1) is 11.1 Å². The number of piperazine rings is 1. The molecule has 3 heterocycles. The number of nitrogens with zero attached hydrogens (tertiary/aromatic N) is 4. The molecule has 5 aliphatic rings. The number of allylic oxidation sites excluding steroid dienone is 1. The van der Waals surface area contributed by atoms with Crippen molar-refractivity contribution in [1.29, 1.82) is 0 Å². The van der Waals surface area contributed by atoms with Gasteiger partial charge in [-0.25, -0.2) is 9.37 Å². The number of hydrogen-bond donors (Lipinski definition) is 2. The second-order valence-corrected chi connectivity index (χ2v) is 12.4. The van der Waals surface area contributed by atoms with Gasteiger partial charge in [0, 0.05) is 55.8 Å². The van der Waals surface area contributed by atoms with E-state index in [1.54, 1.807) is 0 Å². The van der Waals surface area contributed by atoms with Crippen molar-refractivity contribution in [3.8, 4) is 5.88 Å². The third kappa shape index (κ3) is 4.84. The lowest BCUT2D eigenvalue weighted by Gasteiger charge is -2.41. The number of ether oxygens (including phenoxy) is 1. The van der Waals surface area contributed by atoms with Gasteiger partial charge in [0.2, 0.25) is 5.88 Å². The molecule has 2 spiro atoms. The predicted molar refractivity (Wildman–Crippen MR) is 146 cm³/mol. The average Bonchev–Trinajstić information content (AvgIpc) is 3.57. The summed E-state index contributed by atoms with van der Waals surface area (Å²) in [6, 6.07) is 1.73. The molecule has 4 atom stereocenters. The monoisotopic (exact) mass is 540 g/mol. The number of alkyl halides is 1. The Bertz CT molecular complexity index is 1180. The summed E-state index contributed by atoms with van der Waals surface area (Å²) in [5.41, 5.74) is 6.66. The van der Waals surface area contributed by atoms with Crippen LogP contribution in [0.15, 0.2) is 11.6 Å². The summed E-state index contributed by atoms with van der Waals surface area (Å²) in [4.78, 5) is 41.0. The molecule has 3 saturated carbocycles. The zero-order valence-electron chi connectivity index (χ0n) is 23.2. The van der Waals surface area contributed by atoms with Crippen LogP contribution in [0.25, 0.3) is 5.70 Å². The maximum Gasteiger partial charge on any atom is 0.219 e. The van der Waals surface area contributed by atoms with Gasteiger partial charge in [-0.2, -0.15) is 4.98 Å². The molecule has 1 aromatic rings. The summed E-state index contributed by atoms with van der Waals surface area (Å²) in [5, 5.41) is 3.19. The predicted octanol–water partition coefficient (Wildman–Crippen LogP) is 2.78. The smallest absolute Gasteiger partial charge is 0.219 e. The first-order valence-electron chi connectivity index (χ1n) is 14.7. The van der Waals surface area contributed by atoms with Gasteiger partial charge >= 0.3 is 0 Å². The normalized spacial score (nSPS) is 33.1. The van der Waals surface area contributed by atoms with Crippen LogP contribution in [0.4, 0.5) is 10.2 Å². The van der Waals surface area contributed by atoms with E-state index in [-0.39, 0.29) is 40.8 Å². The zero-order valence-corrected chi connectivity index (χ0v) is 23.2. The minimum absolute atomic E-state index is 0.0543. The molecule has 0 aromatic carbocycles. The summed E-state index contributed by atoms with van der Waals surface area (Å²) < 4.78 is 20.1. The van der Waals surface area contributed by atoms with E-state index >= 15 is 0 Å². The molecule has 10 heteroatoms. The van der Waals surface area contributed by atoms with E-state index in [0.717, 1.165) is 57.6 Å². The summed E-state index contributed by atoms with van der Waals surface area (Å²) in [5.74, 6) is 1.27. The molecule has 0 amide bonds. The van der Waals surface area contributed by atoms with Crippen molar-refractivity contribution in [2.45, 2.75) is 95.0 Å². The third-order valence-corrected chi connectivity index (χ3v) is 9.92. The van der Waals surface area contributed by atoms with E-state index in [9.17, 15) is 14.0 Å². The van der Waals surface area contributed by atoms with Crippen LogP contribution in [0.3, 0.4) is 0 Å². The van der Waals surface area contributed by atoms with Crippen molar-refractivity contribution < 1.29 is 18.7 Å². The lowest BCUT2D eigenvalue weighted by molar-refractivity contribution is -0.143. The maximum atomic E-state index is 13.8. The van der Waals surface area contributed by atoms with Gasteiger partial charge in [0.25, 0.3) is 0 Å². The van der Waals surface area contributed by atoms with Crippen molar-refractivity contribution in [2.75, 3.05) is 38.1 Å². The third-order valence-electron chi connectivity index (χ3n) is 9.92. The number of likely N-dealkylation sites (N-methyl/N-ethyl adjacent to an activating group) is 1. The Morgan fingerprint density at radius 2 is 1.95 bits per heavy atom. The summed E-state index contributed by atoms with van der Waals surface area (Å²) >= 11 is 0. The Hall–Kier alpha value is -2.59. The molecule has 39 heavy (non-hydrogen) atoms. The minimum Gasteiger partial charge on any atom is -0.473 e. The molecule has 0 radical (unpaired) electrons. The van der Waals surface area contributed by atoms with Crippen molar-refractivity contribution in [2.24, 2.45) is 11.1 Å². The van der Waals surface area contributed by atoms with Crippen LogP contribution in [-0.2, 0) is 9.59 Å². The summed E-state index contributed by atoms with van der Waals surface area (Å²) in [7, 11) is 2.18. The van der Waals surface area contributed by atoms with Gasteiger partial charge in [-0.15, -0.1) is 0 Å². The van der Waals surface area contributed by atoms with Crippen LogP contribution in [-0.4, -0.2) is 83.5 Å². The molecule has 1 aromatic heterocycles. The van der Waals surface area contributed by atoms with Gasteiger partial charge in [-0.05, 0) is 65.3 Å². The molecule has 9 nitrogen and oxygen atoms in total. The van der Waals surface area contributed by atoms with Crippen molar-refractivity contribution in [3.05, 3.63) is 17.5 Å². The van der Waals surface area contributed by atoms with E-state index in [4.69, 9.17) is 15.5 Å². The van der Waals surface area contributed by atoms with E-state index < -0.39 is 11.6 Å². The number of carbonyl (C=O) groups is 2. The first-order valence-corrected chi connectivity index (χ1v) is 14.7. The Morgan fingerprint density at radius 1 is 1.15 bits per heavy atom. The molecule has 2 saturated heterocycles. The second-order valence-electron chi connectivity index (χ2n) is 12.4. The standard InChI is InChI=1S/C29H41FN6O3/c1-18(21-14-19(30)16-32-21)39-24-15-23(36-13-12-35(2)28(17-36)10-11-28)33-27(34-24)25(31)20-6-5-9-29(26(20)38)8-4-3-7-22(29)37/h15,18-19,21,32H,3-14,16-17,31H2,1-2H3/t18-,19+,21-,29+/m0/s1. The number of aromatic nitrogens is 2. The van der Waals surface area contributed by atoms with Gasteiger partial charge in [0.15, 0.2) is 11.6 Å². The van der Waals surface area contributed by atoms with Gasteiger partial charge < -0.3 is 20.7 Å². The Labute approximate surface area is 229 Å². The van der Waals surface area contributed by atoms with E-state index in [1.807, 2.05) is 13.0 Å². The molecule has 2 aliphatic heterocycles. The number of ketones is 2. The lowest BCUT2D eigenvalue weighted by Crippen LogP contribution is -2.53. The zero-order chi connectivity index (χ0) is 27.4. The fourth-order valence-electron chi connectivity index (χ4n) is 7.12. The molecular formula is C29H41FN6O3. The average molecular weight is 541 g/mol. The highest BCUT2D eigenvalue weighted by molar-refractivity contribution is 6.17. The lowest BCUT2D eigenvalue weighted by atomic mass is 9.62. The Morgan fingerprint density at radius 3 is 2.67 bits per heavy atom. The van der Waals surface area contributed by atoms with Crippen LogP contribution in [0.1, 0.15) is 77.0 Å². The summed E-state index contributed by atoms with van der Waals surface area (Å²) in [6.07, 6.45) is 6.16. The van der Waals surface area contributed by atoms with Gasteiger partial charge in [-0.3, -0.25) is 14.5 Å². The Kier molecular flexibility index (Phi) is 6.90. The van der Waals surface area contributed by atoms with Gasteiger partial charge in [-0.1, -0.05) is 6.42 Å². The Balaban J connectivity index is 1.35. The molecule has 3 N–H and O–H groups in total. The van der Waals surface area contributed by atoms with Crippen molar-refractivity contribution in [1.82, 2.24) is 20.2 Å². The highest BCUT2D eigenvalue weighted by Gasteiger charge is 2.51. The SMILES string of the molecule is C[C@H](Oc1cc(N2CCN(C)C3(CC3)C2)nc(C(N)=C2CCC[C@@]3(CCCCC3=O)C2=O)n1)[C@@H]1C[C@@H](F)CN1. The number of nitrogens with one attached hydrogen (secondary N) is 1. The fourth-order valence-corrected chi connectivity index (χ4v) is 7.12. The van der Waals surface area contributed by atoms with Crippen LogP contribution >= 0.6 is 0 Å². The van der Waals surface area contributed by atoms with Crippen LogP contribution in [0.2, 0.25) is 0 Å². The minimum atomic E-state index is -0.936. The second kappa shape index (κ2) is 10.1.